The average molecular weight is 526 g/mol. The highest BCUT2D eigenvalue weighted by molar-refractivity contribution is 9.10. The van der Waals surface area contributed by atoms with E-state index in [-0.39, 0.29) is 5.57 Å². The lowest BCUT2D eigenvalue weighted by Gasteiger charge is -2.15. The van der Waals surface area contributed by atoms with E-state index in [4.69, 9.17) is 21.1 Å². The maximum absolute atomic E-state index is 12.6. The van der Waals surface area contributed by atoms with E-state index in [9.17, 15) is 10.1 Å². The van der Waals surface area contributed by atoms with Crippen LogP contribution in [0.2, 0.25) is 5.02 Å². The van der Waals surface area contributed by atoms with Gasteiger partial charge in [0.1, 0.15) is 18.2 Å². The lowest BCUT2D eigenvalue weighted by Crippen LogP contribution is -2.13. The van der Waals surface area contributed by atoms with Crippen LogP contribution in [0.15, 0.2) is 70.7 Å². The lowest BCUT2D eigenvalue weighted by atomic mass is 10.1. The maximum Gasteiger partial charge on any atom is 0.266 e. The molecule has 0 radical (unpaired) electrons. The van der Waals surface area contributed by atoms with Crippen LogP contribution in [0.25, 0.3) is 6.08 Å². The van der Waals surface area contributed by atoms with Crippen LogP contribution in [0.4, 0.5) is 5.69 Å². The van der Waals surface area contributed by atoms with Crippen molar-refractivity contribution in [2.45, 2.75) is 20.5 Å². The number of ether oxygens (including phenoxy) is 2. The highest BCUT2D eigenvalue weighted by Crippen LogP contribution is 2.38. The van der Waals surface area contributed by atoms with Crippen LogP contribution in [-0.2, 0) is 11.4 Å². The van der Waals surface area contributed by atoms with Gasteiger partial charge in [-0.15, -0.1) is 0 Å². The zero-order valence-electron chi connectivity index (χ0n) is 18.2. The van der Waals surface area contributed by atoms with E-state index in [1.54, 1.807) is 36.4 Å². The number of carbonyl (C=O) groups excluding carboxylic acids is 1. The van der Waals surface area contributed by atoms with Crippen LogP contribution in [0.5, 0.6) is 11.5 Å². The summed E-state index contributed by atoms with van der Waals surface area (Å²) in [5, 5.41) is 12.6. The summed E-state index contributed by atoms with van der Waals surface area (Å²) in [5.41, 5.74) is 3.23. The Morgan fingerprint density at radius 1 is 1.12 bits per heavy atom. The van der Waals surface area contributed by atoms with Gasteiger partial charge in [-0.25, -0.2) is 0 Å². The van der Waals surface area contributed by atoms with Gasteiger partial charge < -0.3 is 14.8 Å². The normalized spacial score (nSPS) is 10.9. The van der Waals surface area contributed by atoms with Gasteiger partial charge in [-0.2, -0.15) is 5.26 Å². The zero-order chi connectivity index (χ0) is 23.8. The summed E-state index contributed by atoms with van der Waals surface area (Å²) in [6, 6.07) is 20.4. The van der Waals surface area contributed by atoms with Gasteiger partial charge in [0.25, 0.3) is 5.91 Å². The summed E-state index contributed by atoms with van der Waals surface area (Å²) in [6.45, 7) is 4.61. The molecular formula is C26H22BrClN2O3. The number of aryl methyl sites for hydroxylation is 1. The molecule has 7 heteroatoms. The molecule has 0 bridgehead atoms. The van der Waals surface area contributed by atoms with E-state index in [1.165, 1.54) is 11.6 Å². The number of amides is 1. The molecule has 0 aliphatic heterocycles. The van der Waals surface area contributed by atoms with Crippen molar-refractivity contribution in [3.05, 3.63) is 92.4 Å². The zero-order valence-corrected chi connectivity index (χ0v) is 20.5. The standard InChI is InChI=1S/C26H22BrClN2O3/c1-3-32-24-14-19(12-20(15-29)26(31)30-22-10-8-21(27)9-11-22)13-23(28)25(24)33-16-18-6-4-17(2)5-7-18/h4-14H,3,16H2,1-2H3,(H,30,31)/b20-12+. The van der Waals surface area contributed by atoms with Crippen molar-refractivity contribution in [1.82, 2.24) is 0 Å². The van der Waals surface area contributed by atoms with Crippen LogP contribution in [0, 0.1) is 18.3 Å². The molecule has 5 nitrogen and oxygen atoms in total. The van der Waals surface area contributed by atoms with E-state index in [0.717, 1.165) is 10.0 Å². The third-order valence-electron chi connectivity index (χ3n) is 4.61. The van der Waals surface area contributed by atoms with E-state index >= 15 is 0 Å². The first-order valence-corrected chi connectivity index (χ1v) is 11.4. The fraction of sp³-hybridized carbons (Fsp3) is 0.154. The minimum absolute atomic E-state index is 0.0650. The van der Waals surface area contributed by atoms with Gasteiger partial charge in [0.15, 0.2) is 11.5 Å². The predicted molar refractivity (Wildman–Crippen MR) is 134 cm³/mol. The van der Waals surface area contributed by atoms with Crippen LogP contribution < -0.4 is 14.8 Å². The Kier molecular flexibility index (Phi) is 8.53. The number of nitrogens with one attached hydrogen (secondary N) is 1. The largest absolute Gasteiger partial charge is 0.490 e. The summed E-state index contributed by atoms with van der Waals surface area (Å²) in [6.07, 6.45) is 1.46. The number of hydrogen-bond acceptors (Lipinski definition) is 4. The first kappa shape index (κ1) is 24.4. The second kappa shape index (κ2) is 11.6. The molecule has 0 aromatic heterocycles. The van der Waals surface area contributed by atoms with Gasteiger partial charge in [-0.3, -0.25) is 4.79 Å². The molecule has 3 aromatic rings. The van der Waals surface area contributed by atoms with E-state index in [2.05, 4.69) is 21.2 Å². The van der Waals surface area contributed by atoms with Gasteiger partial charge in [0.05, 0.1) is 11.6 Å². The minimum atomic E-state index is -0.520. The maximum atomic E-state index is 12.6. The van der Waals surface area contributed by atoms with Gasteiger partial charge in [0.2, 0.25) is 0 Å². The number of carbonyl (C=O) groups is 1. The quantitative estimate of drug-likeness (QED) is 0.256. The topological polar surface area (TPSA) is 71.3 Å². The third-order valence-corrected chi connectivity index (χ3v) is 5.42. The van der Waals surface area contributed by atoms with Crippen LogP contribution in [-0.4, -0.2) is 12.5 Å². The Morgan fingerprint density at radius 2 is 1.82 bits per heavy atom. The van der Waals surface area contributed by atoms with Gasteiger partial charge in [-0.1, -0.05) is 57.4 Å². The predicted octanol–water partition coefficient (Wildman–Crippen LogP) is 6.93. The number of hydrogen-bond donors (Lipinski definition) is 1. The molecule has 1 N–H and O–H groups in total. The Hall–Kier alpha value is -3.27. The fourth-order valence-electron chi connectivity index (χ4n) is 2.96. The lowest BCUT2D eigenvalue weighted by molar-refractivity contribution is -0.112. The molecule has 0 atom stereocenters. The first-order chi connectivity index (χ1) is 15.9. The van der Waals surface area contributed by atoms with Crippen LogP contribution >= 0.6 is 27.5 Å². The SMILES string of the molecule is CCOc1cc(/C=C(\C#N)C(=O)Nc2ccc(Br)cc2)cc(Cl)c1OCc1ccc(C)cc1. The molecule has 3 rings (SSSR count). The van der Waals surface area contributed by atoms with Crippen LogP contribution in [0.1, 0.15) is 23.6 Å². The second-order valence-corrected chi connectivity index (χ2v) is 8.49. The Bertz CT molecular complexity index is 1200. The molecule has 1 amide bonds. The summed E-state index contributed by atoms with van der Waals surface area (Å²) in [4.78, 5) is 12.6. The highest BCUT2D eigenvalue weighted by Gasteiger charge is 2.15. The summed E-state index contributed by atoms with van der Waals surface area (Å²) < 4.78 is 12.6. The van der Waals surface area contributed by atoms with E-state index in [1.807, 2.05) is 44.2 Å². The molecule has 0 aliphatic carbocycles. The summed E-state index contributed by atoms with van der Waals surface area (Å²) >= 11 is 9.84. The summed E-state index contributed by atoms with van der Waals surface area (Å²) in [7, 11) is 0. The van der Waals surface area contributed by atoms with E-state index in [0.29, 0.717) is 41.0 Å². The molecule has 0 saturated heterocycles. The average Bonchev–Trinajstić information content (AvgIpc) is 2.79. The smallest absolute Gasteiger partial charge is 0.266 e. The van der Waals surface area contributed by atoms with Crippen molar-refractivity contribution in [2.75, 3.05) is 11.9 Å². The molecule has 0 fully saturated rings. The highest BCUT2D eigenvalue weighted by atomic mass is 79.9. The molecule has 3 aromatic carbocycles. The second-order valence-electron chi connectivity index (χ2n) is 7.17. The number of nitriles is 1. The third kappa shape index (κ3) is 6.85. The Labute approximate surface area is 206 Å². The fourth-order valence-corrected chi connectivity index (χ4v) is 3.50. The number of benzene rings is 3. The number of anilines is 1. The first-order valence-electron chi connectivity index (χ1n) is 10.2. The van der Waals surface area contributed by atoms with Crippen molar-refractivity contribution in [3.63, 3.8) is 0 Å². The van der Waals surface area contributed by atoms with Gasteiger partial charge in [0, 0.05) is 10.2 Å². The molecule has 33 heavy (non-hydrogen) atoms. The molecule has 0 heterocycles. The number of rotatable bonds is 8. The van der Waals surface area contributed by atoms with Crippen molar-refractivity contribution in [1.29, 1.82) is 5.26 Å². The molecule has 0 unspecified atom stereocenters. The molecule has 168 valence electrons. The van der Waals surface area contributed by atoms with Crippen molar-refractivity contribution >= 4 is 45.2 Å². The Morgan fingerprint density at radius 3 is 2.45 bits per heavy atom. The van der Waals surface area contributed by atoms with E-state index < -0.39 is 5.91 Å². The van der Waals surface area contributed by atoms with Crippen molar-refractivity contribution in [3.8, 4) is 17.6 Å². The van der Waals surface area contributed by atoms with Crippen LogP contribution in [0.3, 0.4) is 0 Å². The summed E-state index contributed by atoms with van der Waals surface area (Å²) in [5.74, 6) is 0.330. The van der Waals surface area contributed by atoms with Crippen molar-refractivity contribution < 1.29 is 14.3 Å². The van der Waals surface area contributed by atoms with Crippen molar-refractivity contribution in [2.24, 2.45) is 0 Å². The van der Waals surface area contributed by atoms with Gasteiger partial charge in [-0.05, 0) is 67.4 Å². The molecule has 0 spiro atoms. The monoisotopic (exact) mass is 524 g/mol. The number of nitrogens with zero attached hydrogens (tertiary/aromatic N) is 1. The number of halogens is 2. The molecule has 0 saturated carbocycles. The van der Waals surface area contributed by atoms with Gasteiger partial charge >= 0.3 is 0 Å². The molecular weight excluding hydrogens is 504 g/mol. The Balaban J connectivity index is 1.83. The molecule has 0 aliphatic rings. The minimum Gasteiger partial charge on any atom is -0.490 e.